The summed E-state index contributed by atoms with van der Waals surface area (Å²) in [6.07, 6.45) is 5.86. The van der Waals surface area contributed by atoms with Gasteiger partial charge in [0.25, 0.3) is 0 Å². The van der Waals surface area contributed by atoms with Crippen molar-refractivity contribution in [3.05, 3.63) is 18.2 Å². The maximum atomic E-state index is 12.2. The molecule has 0 atom stereocenters. The molecular formula is C17H24N6O2. The third-order valence-corrected chi connectivity index (χ3v) is 4.51. The fraction of sp³-hybridized carbons (Fsp3) is 0.647. The Labute approximate surface area is 146 Å². The minimum absolute atomic E-state index is 0.253. The summed E-state index contributed by atoms with van der Waals surface area (Å²) in [6, 6.07) is 0. The second-order valence-electron chi connectivity index (χ2n) is 7.73. The molecule has 1 amide bonds. The van der Waals surface area contributed by atoms with E-state index in [0.717, 1.165) is 17.3 Å². The molecule has 1 aliphatic heterocycles. The number of hydrogen-bond acceptors (Lipinski definition) is 6. The molecular weight excluding hydrogens is 320 g/mol. The van der Waals surface area contributed by atoms with E-state index < -0.39 is 5.60 Å². The van der Waals surface area contributed by atoms with Crippen molar-refractivity contribution in [2.45, 2.75) is 45.1 Å². The van der Waals surface area contributed by atoms with Crippen LogP contribution in [0, 0.1) is 0 Å². The Kier molecular flexibility index (Phi) is 3.77. The summed E-state index contributed by atoms with van der Waals surface area (Å²) < 4.78 is 7.51. The average Bonchev–Trinajstić information content (AvgIpc) is 3.32. The quantitative estimate of drug-likeness (QED) is 0.830. The minimum atomic E-state index is -0.470. The SMILES string of the molecule is CC(C)(C)OC(=O)N1CCN(c2nccn3c(C4CC4)nnc23)CC1. The van der Waals surface area contributed by atoms with Gasteiger partial charge in [-0.05, 0) is 33.6 Å². The van der Waals surface area contributed by atoms with Crippen LogP contribution < -0.4 is 4.90 Å². The maximum absolute atomic E-state index is 12.2. The number of piperazine rings is 1. The standard InChI is InChI=1S/C17H24N6O2/c1-17(2,3)25-16(24)22-10-8-21(9-11-22)14-15-20-19-13(12-4-5-12)23(15)7-6-18-14/h6-7,12H,4-5,8-11H2,1-3H3. The number of fused-ring (bicyclic) bond motifs is 1. The first-order chi connectivity index (χ1) is 11.9. The molecule has 2 aliphatic rings. The van der Waals surface area contributed by atoms with Crippen molar-refractivity contribution in [3.63, 3.8) is 0 Å². The lowest BCUT2D eigenvalue weighted by Crippen LogP contribution is -2.50. The van der Waals surface area contributed by atoms with Gasteiger partial charge in [-0.2, -0.15) is 0 Å². The number of amides is 1. The van der Waals surface area contributed by atoms with Crippen molar-refractivity contribution in [2.24, 2.45) is 0 Å². The van der Waals surface area contributed by atoms with Crippen molar-refractivity contribution in [2.75, 3.05) is 31.1 Å². The van der Waals surface area contributed by atoms with Crippen molar-refractivity contribution in [3.8, 4) is 0 Å². The third kappa shape index (κ3) is 3.25. The summed E-state index contributed by atoms with van der Waals surface area (Å²) in [5.41, 5.74) is 0.331. The first kappa shape index (κ1) is 16.1. The van der Waals surface area contributed by atoms with E-state index in [2.05, 4.69) is 24.5 Å². The molecule has 8 heteroatoms. The second-order valence-corrected chi connectivity index (χ2v) is 7.73. The molecule has 1 aliphatic carbocycles. The van der Waals surface area contributed by atoms with Gasteiger partial charge in [-0.3, -0.25) is 4.40 Å². The lowest BCUT2D eigenvalue weighted by atomic mass is 10.2. The van der Waals surface area contributed by atoms with Gasteiger partial charge in [0.05, 0.1) is 0 Å². The molecule has 134 valence electrons. The Morgan fingerprint density at radius 1 is 1.16 bits per heavy atom. The number of anilines is 1. The predicted octanol–water partition coefficient (Wildman–Crippen LogP) is 2.06. The van der Waals surface area contributed by atoms with Crippen LogP contribution in [0.15, 0.2) is 12.4 Å². The number of carbonyl (C=O) groups is 1. The topological polar surface area (TPSA) is 75.9 Å². The van der Waals surface area contributed by atoms with Gasteiger partial charge in [0.15, 0.2) is 5.82 Å². The summed E-state index contributed by atoms with van der Waals surface area (Å²) in [4.78, 5) is 20.6. The highest BCUT2D eigenvalue weighted by molar-refractivity contribution is 5.69. The summed E-state index contributed by atoms with van der Waals surface area (Å²) in [6.45, 7) is 8.29. The Balaban J connectivity index is 1.48. The monoisotopic (exact) mass is 344 g/mol. The van der Waals surface area contributed by atoms with Gasteiger partial charge in [0, 0.05) is 44.5 Å². The van der Waals surface area contributed by atoms with E-state index in [0.29, 0.717) is 32.1 Å². The normalized spacial score (nSPS) is 18.7. The van der Waals surface area contributed by atoms with Crippen LogP contribution in [-0.2, 0) is 4.74 Å². The lowest BCUT2D eigenvalue weighted by Gasteiger charge is -2.36. The molecule has 4 rings (SSSR count). The molecule has 0 N–H and O–H groups in total. The third-order valence-electron chi connectivity index (χ3n) is 4.51. The molecule has 0 radical (unpaired) electrons. The van der Waals surface area contributed by atoms with E-state index in [1.54, 1.807) is 11.1 Å². The fourth-order valence-electron chi connectivity index (χ4n) is 3.10. The maximum Gasteiger partial charge on any atom is 0.410 e. The van der Waals surface area contributed by atoms with Gasteiger partial charge in [-0.1, -0.05) is 0 Å². The van der Waals surface area contributed by atoms with E-state index in [4.69, 9.17) is 4.74 Å². The van der Waals surface area contributed by atoms with Gasteiger partial charge < -0.3 is 14.5 Å². The van der Waals surface area contributed by atoms with Crippen molar-refractivity contribution >= 4 is 17.6 Å². The van der Waals surface area contributed by atoms with Crippen LogP contribution in [0.5, 0.6) is 0 Å². The average molecular weight is 344 g/mol. The van der Waals surface area contributed by atoms with E-state index in [1.807, 2.05) is 27.0 Å². The van der Waals surface area contributed by atoms with Crippen LogP contribution in [0.1, 0.15) is 45.4 Å². The number of carbonyl (C=O) groups excluding carboxylic acids is 1. The minimum Gasteiger partial charge on any atom is -0.444 e. The molecule has 25 heavy (non-hydrogen) atoms. The predicted molar refractivity (Wildman–Crippen MR) is 92.8 cm³/mol. The number of aromatic nitrogens is 4. The molecule has 0 bridgehead atoms. The summed E-state index contributed by atoms with van der Waals surface area (Å²) >= 11 is 0. The zero-order valence-electron chi connectivity index (χ0n) is 15.0. The molecule has 2 fully saturated rings. The van der Waals surface area contributed by atoms with E-state index in [1.165, 1.54) is 12.8 Å². The van der Waals surface area contributed by atoms with E-state index >= 15 is 0 Å². The van der Waals surface area contributed by atoms with E-state index in [9.17, 15) is 4.79 Å². The molecule has 0 aromatic carbocycles. The van der Waals surface area contributed by atoms with Crippen molar-refractivity contribution in [1.82, 2.24) is 24.5 Å². The number of ether oxygens (including phenoxy) is 1. The van der Waals surface area contributed by atoms with Crippen LogP contribution >= 0.6 is 0 Å². The van der Waals surface area contributed by atoms with Crippen molar-refractivity contribution in [1.29, 1.82) is 0 Å². The molecule has 2 aromatic heterocycles. The fourth-order valence-corrected chi connectivity index (χ4v) is 3.10. The summed E-state index contributed by atoms with van der Waals surface area (Å²) in [5, 5.41) is 8.72. The first-order valence-corrected chi connectivity index (χ1v) is 8.85. The zero-order valence-corrected chi connectivity index (χ0v) is 15.0. The van der Waals surface area contributed by atoms with Crippen LogP contribution in [0.4, 0.5) is 10.6 Å². The molecule has 0 unspecified atom stereocenters. The van der Waals surface area contributed by atoms with E-state index in [-0.39, 0.29) is 6.09 Å². The van der Waals surface area contributed by atoms with Gasteiger partial charge in [-0.15, -0.1) is 10.2 Å². The molecule has 8 nitrogen and oxygen atoms in total. The smallest absolute Gasteiger partial charge is 0.410 e. The Morgan fingerprint density at radius 2 is 1.88 bits per heavy atom. The van der Waals surface area contributed by atoms with Gasteiger partial charge in [-0.25, -0.2) is 9.78 Å². The lowest BCUT2D eigenvalue weighted by molar-refractivity contribution is 0.0240. The molecule has 0 spiro atoms. The highest BCUT2D eigenvalue weighted by Crippen LogP contribution is 2.39. The molecule has 2 aromatic rings. The second kappa shape index (κ2) is 5.86. The number of rotatable bonds is 2. The molecule has 1 saturated heterocycles. The Morgan fingerprint density at radius 3 is 2.52 bits per heavy atom. The van der Waals surface area contributed by atoms with Crippen LogP contribution in [0.3, 0.4) is 0 Å². The van der Waals surface area contributed by atoms with Gasteiger partial charge >= 0.3 is 6.09 Å². The number of hydrogen-bond donors (Lipinski definition) is 0. The van der Waals surface area contributed by atoms with Gasteiger partial charge in [0.2, 0.25) is 5.65 Å². The van der Waals surface area contributed by atoms with Crippen LogP contribution in [0.2, 0.25) is 0 Å². The zero-order chi connectivity index (χ0) is 17.6. The largest absolute Gasteiger partial charge is 0.444 e. The van der Waals surface area contributed by atoms with Crippen LogP contribution in [-0.4, -0.2) is 62.4 Å². The number of nitrogens with zero attached hydrogens (tertiary/aromatic N) is 6. The highest BCUT2D eigenvalue weighted by atomic mass is 16.6. The highest BCUT2D eigenvalue weighted by Gasteiger charge is 2.31. The molecule has 3 heterocycles. The van der Waals surface area contributed by atoms with Gasteiger partial charge in [0.1, 0.15) is 11.4 Å². The van der Waals surface area contributed by atoms with Crippen LogP contribution in [0.25, 0.3) is 5.65 Å². The molecule has 1 saturated carbocycles. The van der Waals surface area contributed by atoms with Crippen molar-refractivity contribution < 1.29 is 9.53 Å². The Bertz CT molecular complexity index is 784. The first-order valence-electron chi connectivity index (χ1n) is 8.85. The summed E-state index contributed by atoms with van der Waals surface area (Å²) in [5.74, 6) is 2.41. The summed E-state index contributed by atoms with van der Waals surface area (Å²) in [7, 11) is 0. The Hall–Kier alpha value is -2.38.